The summed E-state index contributed by atoms with van der Waals surface area (Å²) in [6.07, 6.45) is 1.73. The van der Waals surface area contributed by atoms with Crippen LogP contribution in [0.1, 0.15) is 25.3 Å². The largest absolute Gasteiger partial charge is 0.463 e. The first kappa shape index (κ1) is 15.0. The van der Waals surface area contributed by atoms with Crippen LogP contribution in [0.25, 0.3) is 0 Å². The van der Waals surface area contributed by atoms with E-state index in [1.807, 2.05) is 18.2 Å². The number of aliphatic hydroxyl groups excluding tert-OH is 1. The van der Waals surface area contributed by atoms with Crippen molar-refractivity contribution < 1.29 is 14.6 Å². The number of hydrogen-bond donors (Lipinski definition) is 1. The number of esters is 1. The average Bonchev–Trinajstić information content (AvgIpc) is 2.37. The summed E-state index contributed by atoms with van der Waals surface area (Å²) >= 11 is 6.04. The second kappa shape index (κ2) is 8.11. The Balaban J connectivity index is 2.20. The van der Waals surface area contributed by atoms with Gasteiger partial charge in [-0.25, -0.2) is 0 Å². The highest BCUT2D eigenvalue weighted by Gasteiger charge is 2.17. The first-order valence-corrected chi connectivity index (χ1v) is 6.52. The molecule has 4 heteroatoms. The van der Waals surface area contributed by atoms with Gasteiger partial charge in [0.25, 0.3) is 0 Å². The van der Waals surface area contributed by atoms with Crippen LogP contribution in [-0.4, -0.2) is 29.2 Å². The van der Waals surface area contributed by atoms with Crippen LogP contribution in [0.4, 0.5) is 0 Å². The van der Waals surface area contributed by atoms with E-state index in [0.29, 0.717) is 6.42 Å². The molecule has 0 unspecified atom stereocenters. The van der Waals surface area contributed by atoms with Gasteiger partial charge in [0.05, 0.1) is 5.38 Å². The normalized spacial score (nSPS) is 13.9. The van der Waals surface area contributed by atoms with E-state index in [2.05, 4.69) is 12.1 Å². The molecule has 0 aliphatic carbocycles. The summed E-state index contributed by atoms with van der Waals surface area (Å²) in [6.45, 7) is 1.28. The van der Waals surface area contributed by atoms with Crippen molar-refractivity contribution >= 4 is 17.6 Å². The third-order valence-corrected chi connectivity index (χ3v) is 3.17. The zero-order valence-electron chi connectivity index (χ0n) is 10.5. The van der Waals surface area contributed by atoms with E-state index in [9.17, 15) is 9.90 Å². The van der Waals surface area contributed by atoms with Crippen LogP contribution in [0.2, 0.25) is 0 Å². The number of aliphatic hydroxyl groups is 1. The third-order valence-electron chi connectivity index (χ3n) is 2.66. The Hall–Kier alpha value is -1.06. The summed E-state index contributed by atoms with van der Waals surface area (Å²) in [7, 11) is 0. The zero-order valence-corrected chi connectivity index (χ0v) is 11.3. The first-order chi connectivity index (χ1) is 8.59. The lowest BCUT2D eigenvalue weighted by atomic mass is 10.1. The van der Waals surface area contributed by atoms with Gasteiger partial charge in [0, 0.05) is 6.92 Å². The Bertz CT molecular complexity index is 353. The van der Waals surface area contributed by atoms with E-state index in [1.165, 1.54) is 12.5 Å². The predicted molar refractivity (Wildman–Crippen MR) is 71.7 cm³/mol. The minimum absolute atomic E-state index is 0.0329. The van der Waals surface area contributed by atoms with E-state index < -0.39 is 12.1 Å². The average molecular weight is 271 g/mol. The number of aryl methyl sites for hydroxylation is 1. The minimum Gasteiger partial charge on any atom is -0.463 e. The molecule has 0 spiro atoms. The molecule has 100 valence electrons. The predicted octanol–water partition coefficient (Wildman–Crippen LogP) is 2.54. The number of carbonyl (C=O) groups is 1. The smallest absolute Gasteiger partial charge is 0.302 e. The fourth-order valence-corrected chi connectivity index (χ4v) is 1.87. The molecule has 0 heterocycles. The molecular weight excluding hydrogens is 252 g/mol. The van der Waals surface area contributed by atoms with Crippen LogP contribution in [0.3, 0.4) is 0 Å². The highest BCUT2D eigenvalue weighted by atomic mass is 35.5. The van der Waals surface area contributed by atoms with Crippen LogP contribution in [0.5, 0.6) is 0 Å². The summed E-state index contributed by atoms with van der Waals surface area (Å²) < 4.78 is 4.72. The van der Waals surface area contributed by atoms with Crippen LogP contribution in [0, 0.1) is 0 Å². The van der Waals surface area contributed by atoms with Crippen molar-refractivity contribution in [1.82, 2.24) is 0 Å². The van der Waals surface area contributed by atoms with Gasteiger partial charge < -0.3 is 9.84 Å². The highest BCUT2D eigenvalue weighted by molar-refractivity contribution is 6.21. The monoisotopic (exact) mass is 270 g/mol. The first-order valence-electron chi connectivity index (χ1n) is 6.09. The van der Waals surface area contributed by atoms with Crippen LogP contribution in [-0.2, 0) is 16.0 Å². The summed E-state index contributed by atoms with van der Waals surface area (Å²) in [5, 5.41) is 9.27. The number of halogens is 1. The molecule has 1 aromatic rings. The van der Waals surface area contributed by atoms with E-state index in [-0.39, 0.29) is 12.0 Å². The molecule has 18 heavy (non-hydrogen) atoms. The minimum atomic E-state index is -0.800. The molecule has 0 aliphatic rings. The topological polar surface area (TPSA) is 46.5 Å². The van der Waals surface area contributed by atoms with Gasteiger partial charge in [-0.15, -0.1) is 11.6 Å². The van der Waals surface area contributed by atoms with Gasteiger partial charge >= 0.3 is 5.97 Å². The summed E-state index contributed by atoms with van der Waals surface area (Å²) in [6, 6.07) is 10.1. The summed E-state index contributed by atoms with van der Waals surface area (Å²) in [5.41, 5.74) is 1.26. The van der Waals surface area contributed by atoms with Crippen molar-refractivity contribution in [3.63, 3.8) is 0 Å². The number of rotatable bonds is 7. The van der Waals surface area contributed by atoms with Gasteiger partial charge in [-0.1, -0.05) is 30.3 Å². The van der Waals surface area contributed by atoms with E-state index in [0.717, 1.165) is 12.8 Å². The lowest BCUT2D eigenvalue weighted by Gasteiger charge is -2.16. The van der Waals surface area contributed by atoms with Crippen molar-refractivity contribution in [3.8, 4) is 0 Å². The molecule has 2 atom stereocenters. The van der Waals surface area contributed by atoms with Crippen molar-refractivity contribution in [3.05, 3.63) is 35.9 Å². The lowest BCUT2D eigenvalue weighted by molar-refractivity contribution is -0.143. The fourth-order valence-electron chi connectivity index (χ4n) is 1.65. The Morgan fingerprint density at radius 2 is 2.06 bits per heavy atom. The molecule has 1 rings (SSSR count). The van der Waals surface area contributed by atoms with Crippen molar-refractivity contribution in [2.75, 3.05) is 6.61 Å². The fraction of sp³-hybridized carbons (Fsp3) is 0.500. The summed E-state index contributed by atoms with van der Waals surface area (Å²) in [4.78, 5) is 10.6. The zero-order chi connectivity index (χ0) is 13.4. The Morgan fingerprint density at radius 1 is 1.39 bits per heavy atom. The molecule has 0 aromatic heterocycles. The number of ether oxygens (including phenoxy) is 1. The number of carbonyl (C=O) groups excluding carboxylic acids is 1. The molecule has 0 bridgehead atoms. The second-order valence-electron chi connectivity index (χ2n) is 4.26. The van der Waals surface area contributed by atoms with Gasteiger partial charge in [0.15, 0.2) is 0 Å². The van der Waals surface area contributed by atoms with E-state index >= 15 is 0 Å². The lowest BCUT2D eigenvalue weighted by Crippen LogP contribution is -2.27. The molecule has 0 fully saturated rings. The Labute approximate surface area is 113 Å². The van der Waals surface area contributed by atoms with Gasteiger partial charge in [-0.05, 0) is 24.8 Å². The van der Waals surface area contributed by atoms with Crippen LogP contribution < -0.4 is 0 Å². The quantitative estimate of drug-likeness (QED) is 0.612. The Morgan fingerprint density at radius 3 is 2.67 bits per heavy atom. The van der Waals surface area contributed by atoms with Crippen molar-refractivity contribution in [1.29, 1.82) is 0 Å². The van der Waals surface area contributed by atoms with Gasteiger partial charge in [0.1, 0.15) is 12.7 Å². The molecule has 0 aliphatic heterocycles. The maximum atomic E-state index is 10.6. The maximum absolute atomic E-state index is 10.6. The Kier molecular flexibility index (Phi) is 6.76. The maximum Gasteiger partial charge on any atom is 0.302 e. The van der Waals surface area contributed by atoms with Crippen molar-refractivity contribution in [2.45, 2.75) is 37.7 Å². The number of alkyl halides is 1. The second-order valence-corrected chi connectivity index (χ2v) is 4.82. The molecule has 0 saturated heterocycles. The molecule has 3 nitrogen and oxygen atoms in total. The number of hydrogen-bond acceptors (Lipinski definition) is 3. The highest BCUT2D eigenvalue weighted by Crippen LogP contribution is 2.14. The van der Waals surface area contributed by atoms with Gasteiger partial charge in [-0.2, -0.15) is 0 Å². The molecule has 0 amide bonds. The molecule has 0 radical (unpaired) electrons. The molecular formula is C14H19ClO3. The van der Waals surface area contributed by atoms with Crippen molar-refractivity contribution in [2.24, 2.45) is 0 Å². The van der Waals surface area contributed by atoms with Crippen LogP contribution >= 0.6 is 11.6 Å². The van der Waals surface area contributed by atoms with Gasteiger partial charge in [-0.3, -0.25) is 4.79 Å². The van der Waals surface area contributed by atoms with E-state index in [4.69, 9.17) is 16.3 Å². The van der Waals surface area contributed by atoms with Crippen LogP contribution in [0.15, 0.2) is 30.3 Å². The van der Waals surface area contributed by atoms with E-state index in [1.54, 1.807) is 0 Å². The third kappa shape index (κ3) is 6.03. The number of benzene rings is 1. The van der Waals surface area contributed by atoms with Gasteiger partial charge in [0.2, 0.25) is 0 Å². The molecule has 1 aromatic carbocycles. The molecule has 1 N–H and O–H groups in total. The summed E-state index contributed by atoms with van der Waals surface area (Å²) in [5.74, 6) is -0.401. The standard InChI is InChI=1S/C14H19ClO3/c1-11(16)18-10-14(17)13(15)9-5-8-12-6-3-2-4-7-12/h2-4,6-7,13-14,17H,5,8-10H2,1H3/t13-,14+/m1/s1. The molecule has 0 saturated carbocycles. The SMILES string of the molecule is CC(=O)OC[C@H](O)[C@H](Cl)CCCc1ccccc1.